The molecular weight excluding hydrogens is 552 g/mol. The molecule has 0 aromatic carbocycles. The van der Waals surface area contributed by atoms with Crippen LogP contribution in [0.1, 0.15) is 219 Å². The van der Waals surface area contributed by atoms with E-state index >= 15 is 0 Å². The zero-order valence-electron chi connectivity index (χ0n) is 31.3. The largest absolute Gasteiger partial charge is 0.381 e. The summed E-state index contributed by atoms with van der Waals surface area (Å²) in [4.78, 5) is 0. The van der Waals surface area contributed by atoms with Crippen molar-refractivity contribution in [2.75, 3.05) is 39.5 Å². The molecule has 0 heterocycles. The first-order valence-corrected chi connectivity index (χ1v) is 20.8. The van der Waals surface area contributed by atoms with Crippen LogP contribution in [-0.2, 0) is 9.47 Å². The van der Waals surface area contributed by atoms with Gasteiger partial charge < -0.3 is 20.9 Å². The molecule has 0 aromatic heterocycles. The molecule has 0 rings (SSSR count). The zero-order valence-corrected chi connectivity index (χ0v) is 31.3. The molecule has 4 N–H and O–H groups in total. The quantitative estimate of drug-likeness (QED) is 0.0655. The fourth-order valence-corrected chi connectivity index (χ4v) is 6.44. The summed E-state index contributed by atoms with van der Waals surface area (Å²) in [6.45, 7) is 8.53. The van der Waals surface area contributed by atoms with Crippen molar-refractivity contribution >= 4 is 0 Å². The van der Waals surface area contributed by atoms with E-state index in [9.17, 15) is 0 Å². The molecule has 0 fully saturated rings. The zero-order chi connectivity index (χ0) is 32.8. The van der Waals surface area contributed by atoms with Crippen LogP contribution in [0.3, 0.4) is 0 Å². The maximum absolute atomic E-state index is 6.13. The Morgan fingerprint density at radius 3 is 0.711 bits per heavy atom. The van der Waals surface area contributed by atoms with Gasteiger partial charge in [-0.1, -0.05) is 206 Å². The molecule has 0 aliphatic carbocycles. The molecule has 0 radical (unpaired) electrons. The Balaban J connectivity index is 3.47. The summed E-state index contributed by atoms with van der Waals surface area (Å²) in [5.74, 6) is 0. The Bertz CT molecular complexity index is 484. The third kappa shape index (κ3) is 33.5. The van der Waals surface area contributed by atoms with Gasteiger partial charge in [-0.25, -0.2) is 0 Å². The van der Waals surface area contributed by atoms with Gasteiger partial charge >= 0.3 is 0 Å². The summed E-state index contributed by atoms with van der Waals surface area (Å²) in [7, 11) is 0. The number of nitrogens with two attached hydrogens (primary N) is 2. The summed E-state index contributed by atoms with van der Waals surface area (Å²) < 4.78 is 12.1. The first kappa shape index (κ1) is 44.8. The molecule has 0 aliphatic heterocycles. The van der Waals surface area contributed by atoms with Crippen LogP contribution in [0.25, 0.3) is 0 Å². The number of hydrogen-bond donors (Lipinski definition) is 2. The van der Waals surface area contributed by atoms with E-state index in [-0.39, 0.29) is 5.41 Å². The molecule has 4 heteroatoms. The van der Waals surface area contributed by atoms with Gasteiger partial charge in [0.1, 0.15) is 0 Å². The molecule has 272 valence electrons. The average Bonchev–Trinajstić information content (AvgIpc) is 3.06. The normalized spacial score (nSPS) is 12.0. The standard InChI is InChI=1S/C41H86N2O2/c1-3-5-7-9-11-13-15-17-19-21-23-25-27-29-31-33-35-44-39-41(37-42,38-43)40-45-36-34-32-30-28-26-24-22-20-18-16-14-12-10-8-6-4-2/h3-40,42-43H2,1-2H3. The SMILES string of the molecule is CCCCCCCCCCCCCCCCCCOCC(CN)(CN)COCCCCCCCCCCCCCCCCCC. The third-order valence-corrected chi connectivity index (χ3v) is 9.97. The van der Waals surface area contributed by atoms with Crippen molar-refractivity contribution in [2.24, 2.45) is 16.9 Å². The number of unbranched alkanes of at least 4 members (excludes halogenated alkanes) is 30. The Morgan fingerprint density at radius 1 is 0.311 bits per heavy atom. The van der Waals surface area contributed by atoms with E-state index in [1.807, 2.05) is 0 Å². The van der Waals surface area contributed by atoms with Gasteiger partial charge in [-0.2, -0.15) is 0 Å². The second-order valence-corrected chi connectivity index (χ2v) is 14.6. The minimum Gasteiger partial charge on any atom is -0.381 e. The highest BCUT2D eigenvalue weighted by atomic mass is 16.5. The van der Waals surface area contributed by atoms with Crippen LogP contribution >= 0.6 is 0 Å². The lowest BCUT2D eigenvalue weighted by Crippen LogP contribution is -2.46. The highest BCUT2D eigenvalue weighted by Gasteiger charge is 2.28. The minimum atomic E-state index is -0.232. The summed E-state index contributed by atoms with van der Waals surface area (Å²) in [5.41, 5.74) is 12.0. The fraction of sp³-hybridized carbons (Fsp3) is 1.00. The maximum Gasteiger partial charge on any atom is 0.0568 e. The summed E-state index contributed by atoms with van der Waals surface area (Å²) in [5, 5.41) is 0. The van der Waals surface area contributed by atoms with Gasteiger partial charge in [-0.15, -0.1) is 0 Å². The van der Waals surface area contributed by atoms with Crippen molar-refractivity contribution in [3.05, 3.63) is 0 Å². The van der Waals surface area contributed by atoms with E-state index < -0.39 is 0 Å². The van der Waals surface area contributed by atoms with Crippen LogP contribution < -0.4 is 11.5 Å². The van der Waals surface area contributed by atoms with E-state index in [0.717, 1.165) is 26.1 Å². The van der Waals surface area contributed by atoms with E-state index in [1.54, 1.807) is 0 Å². The Morgan fingerprint density at radius 2 is 0.511 bits per heavy atom. The van der Waals surface area contributed by atoms with Crippen molar-refractivity contribution in [2.45, 2.75) is 219 Å². The first-order chi connectivity index (χ1) is 22.2. The van der Waals surface area contributed by atoms with E-state index in [1.165, 1.54) is 193 Å². The highest BCUT2D eigenvalue weighted by Crippen LogP contribution is 2.18. The summed E-state index contributed by atoms with van der Waals surface area (Å²) >= 11 is 0. The first-order valence-electron chi connectivity index (χ1n) is 20.8. The Labute approximate surface area is 284 Å². The molecule has 0 saturated carbocycles. The maximum atomic E-state index is 6.13. The van der Waals surface area contributed by atoms with Gasteiger partial charge in [-0.05, 0) is 12.8 Å². The molecule has 0 amide bonds. The van der Waals surface area contributed by atoms with Crippen molar-refractivity contribution in [1.29, 1.82) is 0 Å². The molecule has 0 aromatic rings. The lowest BCUT2D eigenvalue weighted by Gasteiger charge is -2.30. The van der Waals surface area contributed by atoms with Gasteiger partial charge in [0, 0.05) is 31.7 Å². The van der Waals surface area contributed by atoms with Crippen LogP contribution in [-0.4, -0.2) is 39.5 Å². The van der Waals surface area contributed by atoms with E-state index in [4.69, 9.17) is 20.9 Å². The van der Waals surface area contributed by atoms with Crippen molar-refractivity contribution in [3.63, 3.8) is 0 Å². The van der Waals surface area contributed by atoms with Gasteiger partial charge in [-0.3, -0.25) is 0 Å². The van der Waals surface area contributed by atoms with Crippen LogP contribution in [0.5, 0.6) is 0 Å². The molecule has 0 atom stereocenters. The summed E-state index contributed by atoms with van der Waals surface area (Å²) in [6, 6.07) is 0. The predicted octanol–water partition coefficient (Wildman–Crippen LogP) is 12.4. The van der Waals surface area contributed by atoms with Crippen LogP contribution in [0.2, 0.25) is 0 Å². The second-order valence-electron chi connectivity index (χ2n) is 14.6. The topological polar surface area (TPSA) is 70.5 Å². The lowest BCUT2D eigenvalue weighted by molar-refractivity contribution is -0.0150. The smallest absolute Gasteiger partial charge is 0.0568 e. The fourth-order valence-electron chi connectivity index (χ4n) is 6.44. The van der Waals surface area contributed by atoms with E-state index in [2.05, 4.69) is 13.8 Å². The van der Waals surface area contributed by atoms with Crippen molar-refractivity contribution < 1.29 is 9.47 Å². The second kappa shape index (κ2) is 38.3. The van der Waals surface area contributed by atoms with Gasteiger partial charge in [0.05, 0.1) is 13.2 Å². The van der Waals surface area contributed by atoms with Gasteiger partial charge in [0.25, 0.3) is 0 Å². The van der Waals surface area contributed by atoms with Crippen LogP contribution in [0, 0.1) is 5.41 Å². The predicted molar refractivity (Wildman–Crippen MR) is 201 cm³/mol. The minimum absolute atomic E-state index is 0.232. The highest BCUT2D eigenvalue weighted by molar-refractivity contribution is 4.81. The molecule has 4 nitrogen and oxygen atoms in total. The number of ether oxygens (including phenoxy) is 2. The van der Waals surface area contributed by atoms with Crippen molar-refractivity contribution in [3.8, 4) is 0 Å². The lowest BCUT2D eigenvalue weighted by atomic mass is 9.90. The van der Waals surface area contributed by atoms with E-state index in [0.29, 0.717) is 26.3 Å². The van der Waals surface area contributed by atoms with Gasteiger partial charge in [0.15, 0.2) is 0 Å². The third-order valence-electron chi connectivity index (χ3n) is 9.97. The number of hydrogen-bond acceptors (Lipinski definition) is 4. The molecule has 0 bridgehead atoms. The average molecular weight is 639 g/mol. The van der Waals surface area contributed by atoms with Crippen LogP contribution in [0.4, 0.5) is 0 Å². The molecule has 0 aliphatic rings. The van der Waals surface area contributed by atoms with Gasteiger partial charge in [0.2, 0.25) is 0 Å². The molecule has 0 spiro atoms. The molecule has 45 heavy (non-hydrogen) atoms. The summed E-state index contributed by atoms with van der Waals surface area (Å²) in [6.07, 6.45) is 44.6. The molecule has 0 saturated heterocycles. The monoisotopic (exact) mass is 639 g/mol. The Hall–Kier alpha value is -0.160. The van der Waals surface area contributed by atoms with Crippen molar-refractivity contribution in [1.82, 2.24) is 0 Å². The molecular formula is C41H86N2O2. The molecule has 0 unspecified atom stereocenters. The Kier molecular flexibility index (Phi) is 38.2. The number of rotatable bonds is 40. The van der Waals surface area contributed by atoms with Crippen LogP contribution in [0.15, 0.2) is 0 Å².